The first-order valence-electron chi connectivity index (χ1n) is 13.7. The molecule has 8 N–H and O–H groups in total. The van der Waals surface area contributed by atoms with Crippen LogP contribution in [0.2, 0.25) is 0 Å². The van der Waals surface area contributed by atoms with E-state index in [1.165, 1.54) is 0 Å². The number of hydrogen-bond donors (Lipinski definition) is 8. The third-order valence-electron chi connectivity index (χ3n) is 5.14. The molecule has 0 heterocycles. The molecule has 16 heteroatoms. The van der Waals surface area contributed by atoms with E-state index in [-0.39, 0.29) is 0 Å². The molecule has 4 aromatic carbocycles. The molecule has 0 amide bonds. The van der Waals surface area contributed by atoms with Crippen LogP contribution in [-0.2, 0) is 0 Å². The molecule has 0 spiro atoms. The van der Waals surface area contributed by atoms with Gasteiger partial charge in [-0.3, -0.25) is 0 Å². The molecule has 0 aliphatic carbocycles. The zero-order valence-corrected chi connectivity index (χ0v) is 25.7. The smallest absolute Gasteiger partial charge is 0.449 e. The Morgan fingerprint density at radius 2 is 0.531 bits per heavy atom. The minimum atomic E-state index is -1.29. The lowest BCUT2D eigenvalue weighted by molar-refractivity contribution is -0.0328. The van der Waals surface area contributed by atoms with Crippen LogP contribution in [0, 0.1) is 5.41 Å². The predicted molar refractivity (Wildman–Crippen MR) is 171 cm³/mol. The van der Waals surface area contributed by atoms with E-state index < -0.39 is 56.5 Å². The van der Waals surface area contributed by atoms with Crippen LogP contribution in [0.5, 0.6) is 23.0 Å². The highest BCUT2D eigenvalue weighted by atomic mass is 16.7. The number of rotatable bonds is 8. The zero-order valence-electron chi connectivity index (χ0n) is 25.7. The van der Waals surface area contributed by atoms with Gasteiger partial charge >= 0.3 is 24.6 Å². The lowest BCUT2D eigenvalue weighted by Gasteiger charge is -2.23. The third kappa shape index (κ3) is 22.9. The Kier molecular flexibility index (Phi) is 22.7. The minimum absolute atomic E-state index is 0.343. The van der Waals surface area contributed by atoms with Gasteiger partial charge in [0.15, 0.2) is 0 Å². The van der Waals surface area contributed by atoms with Crippen molar-refractivity contribution in [1.29, 1.82) is 0 Å². The van der Waals surface area contributed by atoms with Crippen molar-refractivity contribution in [3.63, 3.8) is 0 Å². The highest BCUT2D eigenvalue weighted by Crippen LogP contribution is 2.12. The van der Waals surface area contributed by atoms with Crippen molar-refractivity contribution in [2.75, 3.05) is 26.4 Å². The van der Waals surface area contributed by atoms with E-state index in [9.17, 15) is 19.2 Å². The maximum Gasteiger partial charge on any atom is 0.511 e. The minimum Gasteiger partial charge on any atom is -0.449 e. The van der Waals surface area contributed by atoms with E-state index in [4.69, 9.17) is 40.9 Å². The van der Waals surface area contributed by atoms with Crippen molar-refractivity contribution in [1.82, 2.24) is 0 Å². The van der Waals surface area contributed by atoms with Crippen molar-refractivity contribution in [2.45, 2.75) is 0 Å². The second-order valence-corrected chi connectivity index (χ2v) is 8.86. The quantitative estimate of drug-likeness (QED) is 0.0902. The molecule has 0 fully saturated rings. The third-order valence-corrected chi connectivity index (χ3v) is 5.14. The highest BCUT2D eigenvalue weighted by Gasteiger charge is 2.26. The number of para-hydroxylation sites is 4. The van der Waals surface area contributed by atoms with Gasteiger partial charge < -0.3 is 59.8 Å². The topological polar surface area (TPSA) is 267 Å². The van der Waals surface area contributed by atoms with Gasteiger partial charge in [-0.1, -0.05) is 72.8 Å². The van der Waals surface area contributed by atoms with Crippen molar-refractivity contribution >= 4 is 24.6 Å². The number of carbonyl (C=O) groups is 4. The average Bonchev–Trinajstić information content (AvgIpc) is 3.08. The first kappa shape index (κ1) is 42.8. The Labute approximate surface area is 279 Å². The van der Waals surface area contributed by atoms with E-state index in [0.29, 0.717) is 23.0 Å². The van der Waals surface area contributed by atoms with Crippen LogP contribution >= 0.6 is 0 Å². The zero-order chi connectivity index (χ0) is 36.9. The Balaban J connectivity index is 0.000000588. The normalized spacial score (nSPS) is 9.39. The van der Waals surface area contributed by atoms with Crippen LogP contribution in [-0.4, -0.2) is 91.9 Å². The van der Waals surface area contributed by atoms with Crippen LogP contribution in [0.4, 0.5) is 19.2 Å². The molecule has 0 aliphatic heterocycles. The van der Waals surface area contributed by atoms with Gasteiger partial charge in [0.25, 0.3) is 0 Å². The summed E-state index contributed by atoms with van der Waals surface area (Å²) in [5.74, 6) is 1.37. The second-order valence-electron chi connectivity index (χ2n) is 8.86. The number of aliphatic hydroxyl groups excluding tert-OH is 4. The fourth-order valence-electron chi connectivity index (χ4n) is 2.66. The summed E-state index contributed by atoms with van der Waals surface area (Å²) in [6.45, 7) is -1.62. The summed E-state index contributed by atoms with van der Waals surface area (Å²) < 4.78 is 17.3. The Morgan fingerprint density at radius 1 is 0.367 bits per heavy atom. The SMILES string of the molecule is O=C(O)Oc1ccccc1.O=C(O)Oc1ccccc1.O=C(O)Oc1ccccc1.O=C(O)Oc1ccccc1.OCC(CO)(CO)CO. The monoisotopic (exact) mass is 688 g/mol. The molecule has 0 saturated heterocycles. The molecule has 4 aromatic rings. The van der Waals surface area contributed by atoms with E-state index in [1.54, 1.807) is 121 Å². The molecule has 264 valence electrons. The molecule has 0 atom stereocenters. The summed E-state index contributed by atoms with van der Waals surface area (Å²) in [6, 6.07) is 33.4. The van der Waals surface area contributed by atoms with Gasteiger partial charge in [-0.25, -0.2) is 19.2 Å². The lowest BCUT2D eigenvalue weighted by atomic mass is 9.93. The Morgan fingerprint density at radius 3 is 0.633 bits per heavy atom. The summed E-state index contributed by atoms with van der Waals surface area (Å²) in [6.07, 6.45) is -5.14. The molecule has 0 bridgehead atoms. The summed E-state index contributed by atoms with van der Waals surface area (Å²) in [4.78, 5) is 39.8. The number of benzene rings is 4. The molecule has 4 rings (SSSR count). The van der Waals surface area contributed by atoms with Crippen molar-refractivity contribution in [2.24, 2.45) is 5.41 Å². The first-order valence-corrected chi connectivity index (χ1v) is 13.7. The molecular formula is C33H36O16. The summed E-state index contributed by atoms with van der Waals surface area (Å²) in [7, 11) is 0. The lowest BCUT2D eigenvalue weighted by Crippen LogP contribution is -2.37. The van der Waals surface area contributed by atoms with Crippen molar-refractivity contribution in [3.8, 4) is 23.0 Å². The fourth-order valence-corrected chi connectivity index (χ4v) is 2.66. The van der Waals surface area contributed by atoms with Gasteiger partial charge in [0.1, 0.15) is 23.0 Å². The average molecular weight is 689 g/mol. The van der Waals surface area contributed by atoms with E-state index in [1.807, 2.05) is 0 Å². The van der Waals surface area contributed by atoms with Crippen LogP contribution in [0.1, 0.15) is 0 Å². The number of carboxylic acid groups (broad SMARTS) is 4. The number of ether oxygens (including phenoxy) is 4. The van der Waals surface area contributed by atoms with Crippen LogP contribution < -0.4 is 18.9 Å². The van der Waals surface area contributed by atoms with Crippen LogP contribution in [0.3, 0.4) is 0 Å². The predicted octanol–water partition coefficient (Wildman–Crippen LogP) is 4.92. The maximum atomic E-state index is 9.95. The van der Waals surface area contributed by atoms with Crippen LogP contribution in [0.25, 0.3) is 0 Å². The van der Waals surface area contributed by atoms with Crippen molar-refractivity contribution < 1.29 is 79.0 Å². The molecule has 0 aliphatic rings. The standard InChI is InChI=1S/4C7H6O3.C5H12O4/c4*8-7(9)10-6-4-2-1-3-5-6;6-1-5(2-7,3-8)4-9/h4*1-5H,(H,8,9);6-9H,1-4H2. The molecule has 49 heavy (non-hydrogen) atoms. The second kappa shape index (κ2) is 25.9. The molecule has 0 radical (unpaired) electrons. The van der Waals surface area contributed by atoms with E-state index in [0.717, 1.165) is 0 Å². The van der Waals surface area contributed by atoms with Crippen LogP contribution in [0.15, 0.2) is 121 Å². The van der Waals surface area contributed by atoms with Gasteiger partial charge in [-0.2, -0.15) is 0 Å². The van der Waals surface area contributed by atoms with E-state index in [2.05, 4.69) is 18.9 Å². The molecule has 0 unspecified atom stereocenters. The molecule has 0 aromatic heterocycles. The number of aliphatic hydroxyl groups is 4. The maximum absolute atomic E-state index is 9.95. The molecule has 16 nitrogen and oxygen atoms in total. The largest absolute Gasteiger partial charge is 0.511 e. The summed E-state index contributed by atoms with van der Waals surface area (Å²) >= 11 is 0. The van der Waals surface area contributed by atoms with Gasteiger partial charge in [-0.05, 0) is 48.5 Å². The van der Waals surface area contributed by atoms with Gasteiger partial charge in [0, 0.05) is 0 Å². The Bertz CT molecular complexity index is 1230. The van der Waals surface area contributed by atoms with Gasteiger partial charge in [0.05, 0.1) is 31.8 Å². The summed E-state index contributed by atoms with van der Waals surface area (Å²) in [5.41, 5.74) is -1.11. The van der Waals surface area contributed by atoms with Gasteiger partial charge in [-0.15, -0.1) is 0 Å². The van der Waals surface area contributed by atoms with E-state index >= 15 is 0 Å². The fraction of sp³-hybridized carbons (Fsp3) is 0.152. The Hall–Kier alpha value is -6.20. The molecule has 0 saturated carbocycles. The highest BCUT2D eigenvalue weighted by molar-refractivity contribution is 5.62. The summed E-state index contributed by atoms with van der Waals surface area (Å²) in [5, 5.41) is 66.6. The van der Waals surface area contributed by atoms with Crippen molar-refractivity contribution in [3.05, 3.63) is 121 Å². The first-order chi connectivity index (χ1) is 23.4. The molecular weight excluding hydrogens is 652 g/mol. The number of hydrogen-bond acceptors (Lipinski definition) is 12. The van der Waals surface area contributed by atoms with Gasteiger partial charge in [0.2, 0.25) is 0 Å².